The molecule has 0 aromatic carbocycles. The summed E-state index contributed by atoms with van der Waals surface area (Å²) in [6, 6.07) is 10.3. The molecular weight excluding hydrogens is 446 g/mol. The second-order valence-electron chi connectivity index (χ2n) is 8.20. The number of pyridine rings is 2. The fourth-order valence-corrected chi connectivity index (χ4v) is 4.07. The average molecular weight is 472 g/mol. The van der Waals surface area contributed by atoms with E-state index in [4.69, 9.17) is 4.98 Å². The van der Waals surface area contributed by atoms with E-state index in [9.17, 15) is 9.59 Å². The lowest BCUT2D eigenvalue weighted by Crippen LogP contribution is -2.35. The van der Waals surface area contributed by atoms with E-state index in [1.807, 2.05) is 6.07 Å². The zero-order chi connectivity index (χ0) is 24.5. The molecule has 0 saturated carbocycles. The van der Waals surface area contributed by atoms with Crippen molar-refractivity contribution in [2.45, 2.75) is 12.5 Å². The van der Waals surface area contributed by atoms with Crippen LogP contribution in [0.15, 0.2) is 66.4 Å². The summed E-state index contributed by atoms with van der Waals surface area (Å²) in [5.41, 5.74) is 1.82. The summed E-state index contributed by atoms with van der Waals surface area (Å²) in [7, 11) is 3.56. The Bertz CT molecular complexity index is 1480. The molecule has 178 valence electrons. The highest BCUT2D eigenvalue weighted by Crippen LogP contribution is 2.24. The molecule has 11 heteroatoms. The van der Waals surface area contributed by atoms with Gasteiger partial charge in [0.15, 0.2) is 5.65 Å². The van der Waals surface area contributed by atoms with Gasteiger partial charge in [-0.1, -0.05) is 12.6 Å². The molecule has 0 aliphatic carbocycles. The zero-order valence-corrected chi connectivity index (χ0v) is 19.4. The fourth-order valence-electron chi connectivity index (χ4n) is 4.07. The normalized spacial score (nSPS) is 15.4. The molecule has 5 rings (SSSR count). The quantitative estimate of drug-likeness (QED) is 0.373. The van der Waals surface area contributed by atoms with E-state index in [2.05, 4.69) is 32.6 Å². The summed E-state index contributed by atoms with van der Waals surface area (Å²) >= 11 is 0. The summed E-state index contributed by atoms with van der Waals surface area (Å²) in [5, 5.41) is 13.9. The maximum absolute atomic E-state index is 13.1. The molecule has 3 N–H and O–H groups in total. The van der Waals surface area contributed by atoms with Crippen LogP contribution in [0.25, 0.3) is 17.2 Å². The van der Waals surface area contributed by atoms with Crippen LogP contribution in [0.5, 0.6) is 0 Å². The van der Waals surface area contributed by atoms with Crippen molar-refractivity contribution in [1.29, 1.82) is 0 Å². The Morgan fingerprint density at radius 3 is 2.77 bits per heavy atom. The second-order valence-corrected chi connectivity index (χ2v) is 8.20. The number of hydrogen-bond donors (Lipinski definition) is 3. The highest BCUT2D eigenvalue weighted by atomic mass is 16.2. The van der Waals surface area contributed by atoms with Crippen LogP contribution >= 0.6 is 0 Å². The van der Waals surface area contributed by atoms with Gasteiger partial charge in [-0.05, 0) is 30.7 Å². The van der Waals surface area contributed by atoms with Crippen molar-refractivity contribution in [3.8, 4) is 5.82 Å². The molecule has 1 amide bonds. The third-order valence-electron chi connectivity index (χ3n) is 5.94. The first-order valence-electron chi connectivity index (χ1n) is 11.1. The molecule has 0 radical (unpaired) electrons. The standard InChI is InChI=1S/C24H25N9O2/c1-15(28-18-9-12-31(3)23(18)34)16-14-27-33-21(25-2)13-19(30-22(16)33)29-17-7-6-11-32(24(17)35)20-8-4-5-10-26-20/h4-8,10-11,13-14,18,25,28H,1,9,12H2,2-3H3,(H,29,30)/t18-/m1/s1. The number of fused-ring (bicyclic) bond motifs is 1. The molecule has 1 aliphatic rings. The average Bonchev–Trinajstić information content (AvgIpc) is 3.44. The van der Waals surface area contributed by atoms with E-state index in [1.54, 1.807) is 72.4 Å². The maximum atomic E-state index is 13.1. The SMILES string of the molecule is C=C(N[C@@H]1CCN(C)C1=O)c1cnn2c(NC)cc(Nc3cccn(-c4ccccn4)c3=O)nc12. The predicted octanol–water partition coefficient (Wildman–Crippen LogP) is 1.85. The fraction of sp³-hybridized carbons (Fsp3) is 0.208. The number of rotatable bonds is 7. The van der Waals surface area contributed by atoms with Crippen LogP contribution < -0.4 is 21.5 Å². The van der Waals surface area contributed by atoms with Gasteiger partial charge in [-0.2, -0.15) is 9.61 Å². The van der Waals surface area contributed by atoms with Crippen molar-refractivity contribution in [2.75, 3.05) is 31.3 Å². The predicted molar refractivity (Wildman–Crippen MR) is 134 cm³/mol. The highest BCUT2D eigenvalue weighted by molar-refractivity contribution is 5.86. The van der Waals surface area contributed by atoms with Crippen molar-refractivity contribution in [3.63, 3.8) is 0 Å². The number of hydrogen-bond acceptors (Lipinski definition) is 8. The topological polar surface area (TPSA) is 121 Å². The van der Waals surface area contributed by atoms with Crippen molar-refractivity contribution < 1.29 is 4.79 Å². The molecular formula is C24H25N9O2. The van der Waals surface area contributed by atoms with E-state index >= 15 is 0 Å². The number of nitrogens with one attached hydrogen (secondary N) is 3. The van der Waals surface area contributed by atoms with Crippen LogP contribution in [0.2, 0.25) is 0 Å². The number of likely N-dealkylation sites (tertiary alicyclic amines) is 1. The first kappa shape index (κ1) is 22.1. The Hall–Kier alpha value is -4.67. The summed E-state index contributed by atoms with van der Waals surface area (Å²) in [5.74, 6) is 1.66. The maximum Gasteiger partial charge on any atom is 0.279 e. The lowest BCUT2D eigenvalue weighted by Gasteiger charge is -2.15. The monoisotopic (exact) mass is 471 g/mol. The van der Waals surface area contributed by atoms with Gasteiger partial charge < -0.3 is 20.9 Å². The zero-order valence-electron chi connectivity index (χ0n) is 19.4. The lowest BCUT2D eigenvalue weighted by molar-refractivity contribution is -0.128. The van der Waals surface area contributed by atoms with Gasteiger partial charge in [0.2, 0.25) is 5.91 Å². The third kappa shape index (κ3) is 4.07. The van der Waals surface area contributed by atoms with Gasteiger partial charge in [0.25, 0.3) is 5.56 Å². The molecule has 1 atom stereocenters. The second kappa shape index (κ2) is 8.93. The van der Waals surface area contributed by atoms with E-state index in [1.165, 1.54) is 4.57 Å². The number of carbonyl (C=O) groups is 1. The van der Waals surface area contributed by atoms with Crippen LogP contribution in [0.3, 0.4) is 0 Å². The molecule has 0 unspecified atom stereocenters. The van der Waals surface area contributed by atoms with Crippen molar-refractivity contribution in [1.82, 2.24) is 34.4 Å². The van der Waals surface area contributed by atoms with Gasteiger partial charge in [0.1, 0.15) is 29.2 Å². The number of aromatic nitrogens is 5. The number of nitrogens with zero attached hydrogens (tertiary/aromatic N) is 6. The number of likely N-dealkylation sites (N-methyl/N-ethyl adjacent to an activating group) is 1. The van der Waals surface area contributed by atoms with Crippen molar-refractivity contribution in [2.24, 2.45) is 0 Å². The Morgan fingerprint density at radius 2 is 2.06 bits per heavy atom. The molecule has 4 aromatic heterocycles. The molecule has 11 nitrogen and oxygen atoms in total. The third-order valence-corrected chi connectivity index (χ3v) is 5.94. The molecule has 4 aromatic rings. The molecule has 1 aliphatic heterocycles. The van der Waals surface area contributed by atoms with Crippen LogP contribution in [0, 0.1) is 0 Å². The number of carbonyl (C=O) groups excluding carboxylic acids is 1. The Kier molecular flexibility index (Phi) is 5.65. The molecule has 1 fully saturated rings. The van der Waals surface area contributed by atoms with Crippen molar-refractivity contribution in [3.05, 3.63) is 77.5 Å². The van der Waals surface area contributed by atoms with Gasteiger partial charge in [-0.15, -0.1) is 0 Å². The van der Waals surface area contributed by atoms with Crippen LogP contribution in [-0.2, 0) is 4.79 Å². The molecule has 5 heterocycles. The summed E-state index contributed by atoms with van der Waals surface area (Å²) in [6.45, 7) is 4.82. The van der Waals surface area contributed by atoms with E-state index < -0.39 is 0 Å². The van der Waals surface area contributed by atoms with Crippen molar-refractivity contribution >= 4 is 34.6 Å². The van der Waals surface area contributed by atoms with Crippen LogP contribution in [-0.4, -0.2) is 61.6 Å². The molecule has 35 heavy (non-hydrogen) atoms. The number of amides is 1. The molecule has 0 bridgehead atoms. The van der Waals surface area contributed by atoms with E-state index in [0.717, 1.165) is 0 Å². The Labute approximate surface area is 201 Å². The highest BCUT2D eigenvalue weighted by Gasteiger charge is 2.29. The Balaban J connectivity index is 1.49. The van der Waals surface area contributed by atoms with Gasteiger partial charge in [0, 0.05) is 44.8 Å². The summed E-state index contributed by atoms with van der Waals surface area (Å²) in [6.07, 6.45) is 5.65. The molecule has 1 saturated heterocycles. The minimum Gasteiger partial charge on any atom is -0.373 e. The summed E-state index contributed by atoms with van der Waals surface area (Å²) < 4.78 is 3.11. The van der Waals surface area contributed by atoms with Gasteiger partial charge in [-0.25, -0.2) is 9.97 Å². The van der Waals surface area contributed by atoms with Gasteiger partial charge >= 0.3 is 0 Å². The van der Waals surface area contributed by atoms with Gasteiger partial charge in [-0.3, -0.25) is 14.2 Å². The Morgan fingerprint density at radius 1 is 1.20 bits per heavy atom. The number of anilines is 3. The van der Waals surface area contributed by atoms with Crippen LogP contribution in [0.1, 0.15) is 12.0 Å². The van der Waals surface area contributed by atoms with Gasteiger partial charge in [0.05, 0.1) is 11.8 Å². The van der Waals surface area contributed by atoms with E-state index in [-0.39, 0.29) is 17.5 Å². The summed E-state index contributed by atoms with van der Waals surface area (Å²) in [4.78, 5) is 36.1. The lowest BCUT2D eigenvalue weighted by atomic mass is 10.2. The first-order valence-corrected chi connectivity index (χ1v) is 11.1. The smallest absolute Gasteiger partial charge is 0.279 e. The minimum absolute atomic E-state index is 0.0297. The largest absolute Gasteiger partial charge is 0.373 e. The molecule has 0 spiro atoms. The van der Waals surface area contributed by atoms with Crippen LogP contribution in [0.4, 0.5) is 17.3 Å². The first-order chi connectivity index (χ1) is 17.0. The van der Waals surface area contributed by atoms with E-state index in [0.29, 0.717) is 53.0 Å². The minimum atomic E-state index is -0.332.